The van der Waals surface area contributed by atoms with Gasteiger partial charge in [-0.25, -0.2) is 4.98 Å². The molecule has 1 aromatic heterocycles. The molecule has 3 aromatic rings. The van der Waals surface area contributed by atoms with Crippen LogP contribution >= 0.6 is 11.6 Å². The molecule has 4 unspecified atom stereocenters. The van der Waals surface area contributed by atoms with E-state index in [1.165, 1.54) is 6.33 Å². The molecular weight excluding hydrogens is 358 g/mol. The van der Waals surface area contributed by atoms with E-state index >= 15 is 0 Å². The monoisotopic (exact) mass is 375 g/mol. The molecule has 8 heteroatoms. The van der Waals surface area contributed by atoms with E-state index in [2.05, 4.69) is 10.3 Å². The number of nitrogens with one attached hydrogen (secondary N) is 1. The van der Waals surface area contributed by atoms with Gasteiger partial charge in [0.25, 0.3) is 0 Å². The predicted octanol–water partition coefficient (Wildman–Crippen LogP) is 2.04. The molecule has 2 aromatic carbocycles. The number of aliphatic hydroxyl groups is 3. The van der Waals surface area contributed by atoms with E-state index in [1.807, 2.05) is 36.4 Å². The summed E-state index contributed by atoms with van der Waals surface area (Å²) in [6, 6.07) is 13.3. The summed E-state index contributed by atoms with van der Waals surface area (Å²) < 4.78 is 7.21. The second-order valence-electron chi connectivity index (χ2n) is 6.20. The third kappa shape index (κ3) is 2.94. The molecular formula is C18H18ClN3O4. The first kappa shape index (κ1) is 17.3. The number of ether oxygens (including phenoxy) is 1. The van der Waals surface area contributed by atoms with Crippen molar-refractivity contribution in [3.63, 3.8) is 0 Å². The van der Waals surface area contributed by atoms with Gasteiger partial charge in [0.05, 0.1) is 23.5 Å². The van der Waals surface area contributed by atoms with E-state index in [4.69, 9.17) is 16.3 Å². The summed E-state index contributed by atoms with van der Waals surface area (Å²) in [5, 5.41) is 33.3. The van der Waals surface area contributed by atoms with Crippen molar-refractivity contribution in [3.05, 3.63) is 53.8 Å². The average Bonchev–Trinajstić information content (AvgIpc) is 3.18. The lowest BCUT2D eigenvalue weighted by molar-refractivity contribution is -0.0508. The number of nitrogens with zero attached hydrogens (tertiary/aromatic N) is 2. The van der Waals surface area contributed by atoms with Gasteiger partial charge in [0.15, 0.2) is 6.23 Å². The number of halogens is 1. The van der Waals surface area contributed by atoms with E-state index in [1.54, 1.807) is 10.6 Å². The zero-order chi connectivity index (χ0) is 18.3. The number of aliphatic hydroxyl groups excluding tert-OH is 3. The summed E-state index contributed by atoms with van der Waals surface area (Å²) in [4.78, 5) is 4.29. The van der Waals surface area contributed by atoms with Crippen LogP contribution in [0.15, 0.2) is 48.8 Å². The van der Waals surface area contributed by atoms with E-state index < -0.39 is 24.5 Å². The number of para-hydroxylation sites is 1. The first-order chi connectivity index (χ1) is 12.6. The van der Waals surface area contributed by atoms with Gasteiger partial charge in [0.1, 0.15) is 23.8 Å². The minimum atomic E-state index is -1.19. The molecule has 4 N–H and O–H groups in total. The molecule has 4 rings (SSSR count). The zero-order valence-electron chi connectivity index (χ0n) is 13.7. The Morgan fingerprint density at radius 3 is 2.58 bits per heavy atom. The third-order valence-electron chi connectivity index (χ3n) is 4.49. The van der Waals surface area contributed by atoms with Gasteiger partial charge < -0.3 is 29.9 Å². The highest BCUT2D eigenvalue weighted by Gasteiger charge is 2.43. The van der Waals surface area contributed by atoms with Crippen molar-refractivity contribution >= 4 is 34.0 Å². The van der Waals surface area contributed by atoms with Crippen LogP contribution in [0, 0.1) is 0 Å². The SMILES string of the molecule is OCC1OC(n2cnc3c(Cl)cc(Nc4ccccc4)cc32)C(O)C1O. The Morgan fingerprint density at radius 1 is 1.12 bits per heavy atom. The summed E-state index contributed by atoms with van der Waals surface area (Å²) in [6.07, 6.45) is -2.58. The minimum absolute atomic E-state index is 0.386. The molecule has 0 amide bonds. The molecule has 1 aliphatic heterocycles. The Morgan fingerprint density at radius 2 is 1.88 bits per heavy atom. The quantitative estimate of drug-likeness (QED) is 0.557. The fourth-order valence-electron chi connectivity index (χ4n) is 3.16. The molecule has 1 saturated heterocycles. The molecule has 7 nitrogen and oxygen atoms in total. The van der Waals surface area contributed by atoms with Crippen LogP contribution in [0.1, 0.15) is 6.23 Å². The molecule has 0 radical (unpaired) electrons. The van der Waals surface area contributed by atoms with Crippen molar-refractivity contribution in [3.8, 4) is 0 Å². The van der Waals surface area contributed by atoms with Gasteiger partial charge in [0.2, 0.25) is 0 Å². The Kier molecular flexibility index (Phi) is 4.56. The third-order valence-corrected chi connectivity index (χ3v) is 4.77. The zero-order valence-corrected chi connectivity index (χ0v) is 14.4. The van der Waals surface area contributed by atoms with E-state index in [0.29, 0.717) is 16.1 Å². The topological polar surface area (TPSA) is 99.8 Å². The lowest BCUT2D eigenvalue weighted by atomic mass is 10.1. The number of aromatic nitrogens is 2. The maximum Gasteiger partial charge on any atom is 0.164 e. The number of hydrogen-bond donors (Lipinski definition) is 4. The Balaban J connectivity index is 1.73. The fourth-order valence-corrected chi connectivity index (χ4v) is 3.43. The van der Waals surface area contributed by atoms with Crippen molar-refractivity contribution in [1.82, 2.24) is 9.55 Å². The Hall–Kier alpha value is -2.16. The summed E-state index contributed by atoms with van der Waals surface area (Å²) in [6.45, 7) is -0.386. The lowest BCUT2D eigenvalue weighted by Crippen LogP contribution is -2.33. The van der Waals surface area contributed by atoms with Crippen LogP contribution in [0.2, 0.25) is 5.02 Å². The molecule has 1 aliphatic rings. The molecule has 0 saturated carbocycles. The molecule has 4 atom stereocenters. The normalized spacial score (nSPS) is 25.7. The van der Waals surface area contributed by atoms with Gasteiger partial charge >= 0.3 is 0 Å². The number of rotatable bonds is 4. The van der Waals surface area contributed by atoms with Crippen LogP contribution in [0.5, 0.6) is 0 Å². The first-order valence-corrected chi connectivity index (χ1v) is 8.57. The van der Waals surface area contributed by atoms with Gasteiger partial charge in [-0.3, -0.25) is 0 Å². The molecule has 26 heavy (non-hydrogen) atoms. The largest absolute Gasteiger partial charge is 0.394 e. The predicted molar refractivity (Wildman–Crippen MR) is 97.5 cm³/mol. The number of imidazole rings is 1. The number of hydrogen-bond acceptors (Lipinski definition) is 6. The highest BCUT2D eigenvalue weighted by atomic mass is 35.5. The molecule has 1 fully saturated rings. The van der Waals surface area contributed by atoms with Gasteiger partial charge in [0, 0.05) is 11.4 Å². The summed E-state index contributed by atoms with van der Waals surface area (Å²) >= 11 is 6.36. The van der Waals surface area contributed by atoms with Crippen molar-refractivity contribution in [2.45, 2.75) is 24.5 Å². The van der Waals surface area contributed by atoms with Crippen LogP contribution in [0.3, 0.4) is 0 Å². The number of benzene rings is 2. The molecule has 0 spiro atoms. The number of fused-ring (bicyclic) bond motifs is 1. The highest BCUT2D eigenvalue weighted by Crippen LogP contribution is 2.35. The van der Waals surface area contributed by atoms with E-state index in [9.17, 15) is 15.3 Å². The van der Waals surface area contributed by atoms with E-state index in [-0.39, 0.29) is 6.61 Å². The second-order valence-corrected chi connectivity index (χ2v) is 6.60. The fraction of sp³-hybridized carbons (Fsp3) is 0.278. The Labute approximate surface area is 154 Å². The molecule has 0 bridgehead atoms. The van der Waals surface area contributed by atoms with Crippen molar-refractivity contribution < 1.29 is 20.1 Å². The molecule has 2 heterocycles. The van der Waals surface area contributed by atoms with Gasteiger partial charge in [-0.15, -0.1) is 0 Å². The summed E-state index contributed by atoms with van der Waals surface area (Å²) in [5.41, 5.74) is 2.86. The smallest absolute Gasteiger partial charge is 0.164 e. The van der Waals surface area contributed by atoms with E-state index in [0.717, 1.165) is 11.4 Å². The Bertz CT molecular complexity index is 917. The minimum Gasteiger partial charge on any atom is -0.394 e. The maximum atomic E-state index is 10.3. The van der Waals surface area contributed by atoms with Crippen LogP contribution in [-0.4, -0.2) is 49.8 Å². The first-order valence-electron chi connectivity index (χ1n) is 8.19. The van der Waals surface area contributed by atoms with Crippen LogP contribution < -0.4 is 5.32 Å². The van der Waals surface area contributed by atoms with Gasteiger partial charge in [-0.1, -0.05) is 29.8 Å². The standard InChI is InChI=1S/C18H18ClN3O4/c19-12-6-11(21-10-4-2-1-3-5-10)7-13-15(12)20-9-22(13)18-17(25)16(24)14(8-23)26-18/h1-7,9,14,16-18,21,23-25H,8H2. The number of anilines is 2. The second kappa shape index (κ2) is 6.86. The van der Waals surface area contributed by atoms with Crippen molar-refractivity contribution in [2.75, 3.05) is 11.9 Å². The van der Waals surface area contributed by atoms with Gasteiger partial charge in [-0.2, -0.15) is 0 Å². The highest BCUT2D eigenvalue weighted by molar-refractivity contribution is 6.35. The molecule has 0 aliphatic carbocycles. The van der Waals surface area contributed by atoms with Crippen LogP contribution in [0.4, 0.5) is 11.4 Å². The summed E-state index contributed by atoms with van der Waals surface area (Å²) in [7, 11) is 0. The maximum absolute atomic E-state index is 10.3. The van der Waals surface area contributed by atoms with Crippen molar-refractivity contribution in [2.24, 2.45) is 0 Å². The van der Waals surface area contributed by atoms with Gasteiger partial charge in [-0.05, 0) is 24.3 Å². The van der Waals surface area contributed by atoms with Crippen LogP contribution in [0.25, 0.3) is 11.0 Å². The van der Waals surface area contributed by atoms with Crippen LogP contribution in [-0.2, 0) is 4.74 Å². The lowest BCUT2D eigenvalue weighted by Gasteiger charge is -2.17. The average molecular weight is 376 g/mol. The summed E-state index contributed by atoms with van der Waals surface area (Å²) in [5.74, 6) is 0. The van der Waals surface area contributed by atoms with Crippen molar-refractivity contribution in [1.29, 1.82) is 0 Å². The molecule has 136 valence electrons.